The molecule has 1 aliphatic rings. The summed E-state index contributed by atoms with van der Waals surface area (Å²) in [5, 5.41) is 4.70. The lowest BCUT2D eigenvalue weighted by molar-refractivity contribution is -0.144. The van der Waals surface area contributed by atoms with Crippen molar-refractivity contribution in [3.63, 3.8) is 0 Å². The molecule has 3 aromatic rings. The van der Waals surface area contributed by atoms with Gasteiger partial charge in [-0.3, -0.25) is 14.4 Å². The second-order valence-electron chi connectivity index (χ2n) is 8.20. The summed E-state index contributed by atoms with van der Waals surface area (Å²) < 4.78 is 44.5. The quantitative estimate of drug-likeness (QED) is 0.643. The highest BCUT2D eigenvalue weighted by atomic mass is 19.4. The molecular formula is C22H25F3N4O. The number of rotatable bonds is 4. The molecule has 2 aromatic heterocycles. The maximum absolute atomic E-state index is 13.8. The number of likely N-dealkylation sites (tertiary alicyclic amines) is 1. The van der Waals surface area contributed by atoms with Gasteiger partial charge in [0, 0.05) is 49.4 Å². The lowest BCUT2D eigenvalue weighted by Gasteiger charge is -2.28. The average Bonchev–Trinajstić information content (AvgIpc) is 3.22. The van der Waals surface area contributed by atoms with Crippen LogP contribution in [-0.2, 0) is 26.3 Å². The van der Waals surface area contributed by atoms with Gasteiger partial charge in [0.2, 0.25) is 0 Å². The molecule has 1 saturated heterocycles. The zero-order valence-corrected chi connectivity index (χ0v) is 17.3. The molecule has 30 heavy (non-hydrogen) atoms. The predicted molar refractivity (Wildman–Crippen MR) is 109 cm³/mol. The molecule has 1 atom stereocenters. The van der Waals surface area contributed by atoms with Crippen LogP contribution in [0.15, 0.2) is 35.3 Å². The Hall–Kier alpha value is -2.61. The lowest BCUT2D eigenvalue weighted by Crippen LogP contribution is -2.35. The summed E-state index contributed by atoms with van der Waals surface area (Å²) in [6.45, 7) is 5.45. The number of aryl methyl sites for hydroxylation is 3. The molecule has 1 fully saturated rings. The van der Waals surface area contributed by atoms with Gasteiger partial charge in [-0.25, -0.2) is 0 Å². The summed E-state index contributed by atoms with van der Waals surface area (Å²) in [6, 6.07) is 5.75. The third-order valence-electron chi connectivity index (χ3n) is 5.94. The molecule has 0 bridgehead atoms. The van der Waals surface area contributed by atoms with Crippen molar-refractivity contribution in [3.05, 3.63) is 63.2 Å². The Morgan fingerprint density at radius 2 is 1.97 bits per heavy atom. The number of fused-ring (bicyclic) bond motifs is 1. The first-order valence-electron chi connectivity index (χ1n) is 10.1. The Labute approximate surface area is 172 Å². The molecule has 0 saturated carbocycles. The van der Waals surface area contributed by atoms with E-state index in [1.165, 1.54) is 4.57 Å². The molecule has 160 valence electrons. The molecule has 0 aliphatic carbocycles. The maximum Gasteiger partial charge on any atom is 0.431 e. The van der Waals surface area contributed by atoms with Crippen molar-refractivity contribution in [2.24, 2.45) is 7.05 Å². The standard InChI is InChI=1S/C22H25F3N4O/c1-14-6-7-19-18(9-14)20(30)10-21(22(23,24)25)29(19)13-17-5-4-8-28(17)12-16-11-27(3)26-15(16)2/h6-7,9-11,17H,4-5,8,12-13H2,1-3H3/t17-/m1/s1. The van der Waals surface area contributed by atoms with Gasteiger partial charge in [0.1, 0.15) is 5.69 Å². The lowest BCUT2D eigenvalue weighted by atomic mass is 10.1. The highest BCUT2D eigenvalue weighted by Crippen LogP contribution is 2.32. The van der Waals surface area contributed by atoms with Gasteiger partial charge in [-0.05, 0) is 45.4 Å². The van der Waals surface area contributed by atoms with Crippen LogP contribution in [-0.4, -0.2) is 31.8 Å². The first kappa shape index (κ1) is 20.7. The minimum atomic E-state index is -4.60. The molecule has 1 aliphatic heterocycles. The molecule has 0 N–H and O–H groups in total. The largest absolute Gasteiger partial charge is 0.431 e. The topological polar surface area (TPSA) is 43.1 Å². The smallest absolute Gasteiger partial charge is 0.335 e. The Kier molecular flexibility index (Phi) is 5.22. The van der Waals surface area contributed by atoms with Crippen molar-refractivity contribution in [2.45, 2.75) is 52.0 Å². The van der Waals surface area contributed by atoms with Crippen LogP contribution in [0.25, 0.3) is 10.9 Å². The minimum Gasteiger partial charge on any atom is -0.335 e. The fourth-order valence-corrected chi connectivity index (χ4v) is 4.47. The van der Waals surface area contributed by atoms with E-state index in [4.69, 9.17) is 0 Å². The van der Waals surface area contributed by atoms with E-state index in [2.05, 4.69) is 10.00 Å². The van der Waals surface area contributed by atoms with Crippen LogP contribution in [0.1, 0.15) is 35.4 Å². The molecule has 0 unspecified atom stereocenters. The van der Waals surface area contributed by atoms with Gasteiger partial charge < -0.3 is 4.57 Å². The number of pyridine rings is 1. The first-order chi connectivity index (χ1) is 14.1. The maximum atomic E-state index is 13.8. The van der Waals surface area contributed by atoms with E-state index in [0.717, 1.165) is 42.3 Å². The Morgan fingerprint density at radius 1 is 1.20 bits per heavy atom. The number of nitrogens with zero attached hydrogens (tertiary/aromatic N) is 4. The van der Waals surface area contributed by atoms with E-state index in [1.54, 1.807) is 22.9 Å². The normalized spacial score (nSPS) is 17.9. The highest BCUT2D eigenvalue weighted by Gasteiger charge is 2.36. The minimum absolute atomic E-state index is 0.0438. The van der Waals surface area contributed by atoms with E-state index >= 15 is 0 Å². The molecule has 1 aromatic carbocycles. The molecule has 0 amide bonds. The molecule has 8 heteroatoms. The number of alkyl halides is 3. The zero-order chi connectivity index (χ0) is 21.6. The SMILES string of the molecule is Cc1ccc2c(c1)c(=O)cc(C(F)(F)F)n2C[C@H]1CCCN1Cc1cn(C)nc1C. The van der Waals surface area contributed by atoms with E-state index in [9.17, 15) is 18.0 Å². The second kappa shape index (κ2) is 7.58. The van der Waals surface area contributed by atoms with Crippen molar-refractivity contribution in [1.82, 2.24) is 19.2 Å². The van der Waals surface area contributed by atoms with Crippen molar-refractivity contribution in [3.8, 4) is 0 Å². The van der Waals surface area contributed by atoms with Crippen LogP contribution in [0, 0.1) is 13.8 Å². The Morgan fingerprint density at radius 3 is 2.63 bits per heavy atom. The van der Waals surface area contributed by atoms with Gasteiger partial charge >= 0.3 is 6.18 Å². The summed E-state index contributed by atoms with van der Waals surface area (Å²) in [5.41, 5.74) is 1.73. The van der Waals surface area contributed by atoms with Crippen LogP contribution in [0.2, 0.25) is 0 Å². The summed E-state index contributed by atoms with van der Waals surface area (Å²) >= 11 is 0. The molecule has 0 radical (unpaired) electrons. The van der Waals surface area contributed by atoms with Crippen LogP contribution in [0.5, 0.6) is 0 Å². The van der Waals surface area contributed by atoms with Crippen molar-refractivity contribution < 1.29 is 13.2 Å². The van der Waals surface area contributed by atoms with E-state index in [1.807, 2.05) is 27.1 Å². The van der Waals surface area contributed by atoms with E-state index in [0.29, 0.717) is 17.4 Å². The summed E-state index contributed by atoms with van der Waals surface area (Å²) in [4.78, 5) is 14.6. The summed E-state index contributed by atoms with van der Waals surface area (Å²) in [7, 11) is 1.86. The van der Waals surface area contributed by atoms with Gasteiger partial charge in [0.15, 0.2) is 5.43 Å². The highest BCUT2D eigenvalue weighted by molar-refractivity contribution is 5.80. The number of benzene rings is 1. The fourth-order valence-electron chi connectivity index (χ4n) is 4.47. The predicted octanol–water partition coefficient (Wildman–Crippen LogP) is 4.04. The van der Waals surface area contributed by atoms with Crippen LogP contribution >= 0.6 is 0 Å². The van der Waals surface area contributed by atoms with Gasteiger partial charge in [-0.2, -0.15) is 18.3 Å². The second-order valence-corrected chi connectivity index (χ2v) is 8.20. The van der Waals surface area contributed by atoms with Crippen LogP contribution in [0.3, 0.4) is 0 Å². The zero-order valence-electron chi connectivity index (χ0n) is 17.3. The molecule has 3 heterocycles. The number of aromatic nitrogens is 3. The van der Waals surface area contributed by atoms with Crippen molar-refractivity contribution in [1.29, 1.82) is 0 Å². The molecule has 0 spiro atoms. The van der Waals surface area contributed by atoms with Gasteiger partial charge in [0.25, 0.3) is 0 Å². The molecule has 5 nitrogen and oxygen atoms in total. The van der Waals surface area contributed by atoms with E-state index in [-0.39, 0.29) is 12.6 Å². The first-order valence-corrected chi connectivity index (χ1v) is 10.1. The number of halogens is 3. The Bertz CT molecular complexity index is 1150. The van der Waals surface area contributed by atoms with Gasteiger partial charge in [-0.1, -0.05) is 11.6 Å². The average molecular weight is 418 g/mol. The molecule has 4 rings (SSSR count). The monoisotopic (exact) mass is 418 g/mol. The van der Waals surface area contributed by atoms with Gasteiger partial charge in [0.05, 0.1) is 11.2 Å². The number of hydrogen-bond acceptors (Lipinski definition) is 3. The third kappa shape index (κ3) is 3.88. The Balaban J connectivity index is 1.74. The van der Waals surface area contributed by atoms with Gasteiger partial charge in [-0.15, -0.1) is 0 Å². The number of hydrogen-bond donors (Lipinski definition) is 0. The van der Waals surface area contributed by atoms with Crippen molar-refractivity contribution >= 4 is 10.9 Å². The van der Waals surface area contributed by atoms with Crippen LogP contribution < -0.4 is 5.43 Å². The summed E-state index contributed by atoms with van der Waals surface area (Å²) in [5.74, 6) is 0. The van der Waals surface area contributed by atoms with Crippen molar-refractivity contribution in [2.75, 3.05) is 6.54 Å². The molecular weight excluding hydrogens is 393 g/mol. The fraction of sp³-hybridized carbons (Fsp3) is 0.455. The summed E-state index contributed by atoms with van der Waals surface area (Å²) in [6.07, 6.45) is -0.885. The van der Waals surface area contributed by atoms with E-state index < -0.39 is 17.3 Å². The third-order valence-corrected chi connectivity index (χ3v) is 5.94. The van der Waals surface area contributed by atoms with Crippen LogP contribution in [0.4, 0.5) is 13.2 Å².